The Bertz CT molecular complexity index is 710. The largest absolute Gasteiger partial charge is 0.351 e. The molecule has 1 unspecified atom stereocenters. The van der Waals surface area contributed by atoms with Gasteiger partial charge in [-0.3, -0.25) is 4.99 Å². The molecule has 114 valence electrons. The van der Waals surface area contributed by atoms with Gasteiger partial charge in [0.2, 0.25) is 0 Å². The predicted octanol–water partition coefficient (Wildman–Crippen LogP) is 4.64. The average Bonchev–Trinajstić information content (AvgIpc) is 2.76. The number of rotatable bonds is 1. The van der Waals surface area contributed by atoms with Crippen molar-refractivity contribution in [2.45, 2.75) is 38.8 Å². The van der Waals surface area contributed by atoms with Gasteiger partial charge in [0, 0.05) is 23.8 Å². The van der Waals surface area contributed by atoms with E-state index in [0.29, 0.717) is 0 Å². The van der Waals surface area contributed by atoms with Crippen LogP contribution >= 0.6 is 0 Å². The van der Waals surface area contributed by atoms with Crippen LogP contribution in [0.1, 0.15) is 38.8 Å². The first kappa shape index (κ1) is 14.8. The molecule has 0 saturated heterocycles. The average molecular weight is 292 g/mol. The van der Waals surface area contributed by atoms with Crippen LogP contribution in [0.25, 0.3) is 0 Å². The van der Waals surface area contributed by atoms with Gasteiger partial charge in [-0.05, 0) is 39.3 Å². The van der Waals surface area contributed by atoms with E-state index in [2.05, 4.69) is 87.2 Å². The number of benzene rings is 2. The second kappa shape index (κ2) is 4.98. The van der Waals surface area contributed by atoms with Crippen LogP contribution in [-0.2, 0) is 5.54 Å². The highest BCUT2D eigenvalue weighted by Gasteiger charge is 2.50. The molecule has 1 heterocycles. The summed E-state index contributed by atoms with van der Waals surface area (Å²) < 4.78 is 0. The maximum absolute atomic E-state index is 4.70. The van der Waals surface area contributed by atoms with Crippen LogP contribution in [0.3, 0.4) is 0 Å². The van der Waals surface area contributed by atoms with Gasteiger partial charge < -0.3 is 4.90 Å². The number of hydrogen-bond acceptors (Lipinski definition) is 2. The molecule has 0 aliphatic carbocycles. The highest BCUT2D eigenvalue weighted by Crippen LogP contribution is 2.48. The maximum Gasteiger partial charge on any atom is 0.105 e. The minimum Gasteiger partial charge on any atom is -0.351 e. The molecule has 1 aliphatic rings. The van der Waals surface area contributed by atoms with Crippen molar-refractivity contribution in [3.8, 4) is 0 Å². The highest BCUT2D eigenvalue weighted by molar-refractivity contribution is 6.17. The Morgan fingerprint density at radius 2 is 1.50 bits per heavy atom. The molecular weight excluding hydrogens is 268 g/mol. The Kier molecular flexibility index (Phi) is 3.36. The first-order valence-electron chi connectivity index (χ1n) is 7.83. The number of hydrogen-bond donors (Lipinski definition) is 0. The van der Waals surface area contributed by atoms with Crippen LogP contribution in [-0.4, -0.2) is 18.3 Å². The molecule has 1 aliphatic heterocycles. The van der Waals surface area contributed by atoms with Crippen molar-refractivity contribution in [1.82, 2.24) is 0 Å². The van der Waals surface area contributed by atoms with Crippen LogP contribution in [0.2, 0.25) is 0 Å². The van der Waals surface area contributed by atoms with Crippen molar-refractivity contribution in [2.24, 2.45) is 4.99 Å². The van der Waals surface area contributed by atoms with E-state index in [1.807, 2.05) is 7.05 Å². The zero-order valence-corrected chi connectivity index (χ0v) is 14.1. The number of para-hydroxylation sites is 1. The molecule has 0 fully saturated rings. The van der Waals surface area contributed by atoms with Gasteiger partial charge in [0.05, 0.1) is 5.71 Å². The van der Waals surface area contributed by atoms with Crippen LogP contribution in [0, 0.1) is 0 Å². The molecule has 0 saturated carbocycles. The van der Waals surface area contributed by atoms with E-state index in [9.17, 15) is 0 Å². The summed E-state index contributed by atoms with van der Waals surface area (Å²) in [6.45, 7) is 9.09. The highest BCUT2D eigenvalue weighted by atomic mass is 15.3. The standard InChI is InChI=1S/C20H24N2/c1-19(2,3)22-17-14-10-9-13-16(17)18(21-5)20(22,4)15-11-7-6-8-12-15/h6-14H,1-5H3. The Balaban J connectivity index is 2.33. The Morgan fingerprint density at radius 1 is 0.909 bits per heavy atom. The predicted molar refractivity (Wildman–Crippen MR) is 94.9 cm³/mol. The lowest BCUT2D eigenvalue weighted by Crippen LogP contribution is -2.54. The lowest BCUT2D eigenvalue weighted by atomic mass is 9.83. The van der Waals surface area contributed by atoms with Gasteiger partial charge in [0.15, 0.2) is 0 Å². The van der Waals surface area contributed by atoms with E-state index in [1.165, 1.54) is 16.8 Å². The summed E-state index contributed by atoms with van der Waals surface area (Å²) in [6.07, 6.45) is 0. The minimum atomic E-state index is -0.252. The van der Waals surface area contributed by atoms with Crippen molar-refractivity contribution in [1.29, 1.82) is 0 Å². The first-order chi connectivity index (χ1) is 10.4. The number of anilines is 1. The van der Waals surface area contributed by atoms with E-state index in [0.717, 1.165) is 5.71 Å². The summed E-state index contributed by atoms with van der Waals surface area (Å²) in [4.78, 5) is 7.20. The molecule has 0 bridgehead atoms. The summed E-state index contributed by atoms with van der Waals surface area (Å²) in [7, 11) is 1.90. The summed E-state index contributed by atoms with van der Waals surface area (Å²) in [5.41, 5.74) is 4.67. The topological polar surface area (TPSA) is 15.6 Å². The van der Waals surface area contributed by atoms with Crippen molar-refractivity contribution in [3.05, 3.63) is 65.7 Å². The molecule has 0 spiro atoms. The van der Waals surface area contributed by atoms with Crippen LogP contribution in [0.5, 0.6) is 0 Å². The monoisotopic (exact) mass is 292 g/mol. The zero-order chi connectivity index (χ0) is 16.0. The third kappa shape index (κ3) is 1.98. The molecular formula is C20H24N2. The van der Waals surface area contributed by atoms with Gasteiger partial charge >= 0.3 is 0 Å². The molecule has 22 heavy (non-hydrogen) atoms. The number of fused-ring (bicyclic) bond motifs is 1. The molecule has 2 heteroatoms. The SMILES string of the molecule is CN=C1c2ccccc2N(C(C)(C)C)C1(C)c1ccccc1. The summed E-state index contributed by atoms with van der Waals surface area (Å²) in [5, 5.41) is 0. The molecule has 2 aromatic rings. The van der Waals surface area contributed by atoms with E-state index >= 15 is 0 Å². The van der Waals surface area contributed by atoms with Crippen molar-refractivity contribution >= 4 is 11.4 Å². The molecule has 3 rings (SSSR count). The first-order valence-corrected chi connectivity index (χ1v) is 7.83. The van der Waals surface area contributed by atoms with Gasteiger partial charge in [0.25, 0.3) is 0 Å². The van der Waals surface area contributed by atoms with E-state index in [1.54, 1.807) is 0 Å². The summed E-state index contributed by atoms with van der Waals surface area (Å²) in [5.74, 6) is 0. The van der Waals surface area contributed by atoms with Crippen molar-refractivity contribution < 1.29 is 0 Å². The Labute approximate surface area is 133 Å². The van der Waals surface area contributed by atoms with E-state index in [-0.39, 0.29) is 11.1 Å². The van der Waals surface area contributed by atoms with Gasteiger partial charge in [-0.1, -0.05) is 48.5 Å². The zero-order valence-electron chi connectivity index (χ0n) is 14.1. The lowest BCUT2D eigenvalue weighted by molar-refractivity contribution is 0.423. The van der Waals surface area contributed by atoms with Crippen molar-refractivity contribution in [2.75, 3.05) is 11.9 Å². The quantitative estimate of drug-likeness (QED) is 0.747. The second-order valence-electron chi connectivity index (χ2n) is 7.03. The van der Waals surface area contributed by atoms with Gasteiger partial charge in [0.1, 0.15) is 5.54 Å². The summed E-state index contributed by atoms with van der Waals surface area (Å²) in [6, 6.07) is 19.3. The van der Waals surface area contributed by atoms with Crippen LogP contribution < -0.4 is 4.90 Å². The van der Waals surface area contributed by atoms with Crippen LogP contribution in [0.15, 0.2) is 59.6 Å². The third-order valence-electron chi connectivity index (χ3n) is 4.54. The molecule has 1 atom stereocenters. The molecule has 0 radical (unpaired) electrons. The Hall–Kier alpha value is -2.09. The molecule has 0 N–H and O–H groups in total. The summed E-state index contributed by atoms with van der Waals surface area (Å²) >= 11 is 0. The molecule has 0 amide bonds. The molecule has 2 nitrogen and oxygen atoms in total. The minimum absolute atomic E-state index is 0.00681. The van der Waals surface area contributed by atoms with Crippen molar-refractivity contribution in [3.63, 3.8) is 0 Å². The normalized spacial score (nSPS) is 23.0. The fraction of sp³-hybridized carbons (Fsp3) is 0.350. The number of aliphatic imine (C=N–C) groups is 1. The number of nitrogens with zero attached hydrogens (tertiary/aromatic N) is 2. The van der Waals surface area contributed by atoms with E-state index < -0.39 is 0 Å². The third-order valence-corrected chi connectivity index (χ3v) is 4.54. The second-order valence-corrected chi connectivity index (χ2v) is 7.03. The maximum atomic E-state index is 4.70. The fourth-order valence-corrected chi connectivity index (χ4v) is 3.88. The lowest BCUT2D eigenvalue weighted by Gasteiger charge is -2.46. The smallest absolute Gasteiger partial charge is 0.105 e. The van der Waals surface area contributed by atoms with Gasteiger partial charge in [-0.25, -0.2) is 0 Å². The molecule has 0 aromatic heterocycles. The fourth-order valence-electron chi connectivity index (χ4n) is 3.88. The van der Waals surface area contributed by atoms with E-state index in [4.69, 9.17) is 4.99 Å². The molecule has 2 aromatic carbocycles. The van der Waals surface area contributed by atoms with Gasteiger partial charge in [-0.15, -0.1) is 0 Å². The Morgan fingerprint density at radius 3 is 2.09 bits per heavy atom. The van der Waals surface area contributed by atoms with Gasteiger partial charge in [-0.2, -0.15) is 0 Å². The van der Waals surface area contributed by atoms with Crippen LogP contribution in [0.4, 0.5) is 5.69 Å².